The lowest BCUT2D eigenvalue weighted by Gasteiger charge is -2.12. The molecule has 2 N–H and O–H groups in total. The Morgan fingerprint density at radius 3 is 2.81 bits per heavy atom. The van der Waals surface area contributed by atoms with Crippen LogP contribution in [-0.4, -0.2) is 27.1 Å². The monoisotopic (exact) mass is 222 g/mol. The number of hydrogen-bond acceptors (Lipinski definition) is 2. The number of carboxylic acid groups (broad SMARTS) is 1. The largest absolute Gasteiger partial charge is 0.480 e. The summed E-state index contributed by atoms with van der Waals surface area (Å²) in [6, 6.07) is 3.30. The molecule has 0 atom stereocenters. The molecule has 0 spiro atoms. The van der Waals surface area contributed by atoms with E-state index in [1.54, 1.807) is 18.3 Å². The smallest absolute Gasteiger partial charge is 0.323 e. The highest BCUT2D eigenvalue weighted by Gasteiger charge is 2.39. The summed E-state index contributed by atoms with van der Waals surface area (Å²) in [5.74, 6) is -1.16. The first kappa shape index (κ1) is 10.7. The van der Waals surface area contributed by atoms with Crippen molar-refractivity contribution >= 4 is 11.9 Å². The molecular weight excluding hydrogens is 208 g/mol. The molecule has 0 bridgehead atoms. The van der Waals surface area contributed by atoms with Crippen LogP contribution in [0.25, 0.3) is 0 Å². The summed E-state index contributed by atoms with van der Waals surface area (Å²) < 4.78 is 1.43. The number of rotatable bonds is 4. The zero-order valence-electron chi connectivity index (χ0n) is 9.06. The zero-order valence-corrected chi connectivity index (χ0v) is 9.06. The van der Waals surface area contributed by atoms with Gasteiger partial charge in [0.25, 0.3) is 5.91 Å². The van der Waals surface area contributed by atoms with Gasteiger partial charge in [0.05, 0.1) is 0 Å². The maximum absolute atomic E-state index is 11.8. The number of hydrogen-bond donors (Lipinski definition) is 2. The van der Waals surface area contributed by atoms with Crippen molar-refractivity contribution < 1.29 is 14.7 Å². The molecule has 1 fully saturated rings. The molecule has 0 radical (unpaired) electrons. The van der Waals surface area contributed by atoms with Crippen molar-refractivity contribution in [2.45, 2.75) is 31.8 Å². The molecule has 1 heterocycles. The second kappa shape index (κ2) is 3.66. The van der Waals surface area contributed by atoms with E-state index in [0.717, 1.165) is 12.8 Å². The van der Waals surface area contributed by atoms with E-state index in [-0.39, 0.29) is 18.0 Å². The minimum atomic E-state index is -0.956. The summed E-state index contributed by atoms with van der Waals surface area (Å²) in [5.41, 5.74) is 0.311. The molecule has 1 aliphatic rings. The van der Waals surface area contributed by atoms with Crippen molar-refractivity contribution in [3.8, 4) is 0 Å². The van der Waals surface area contributed by atoms with Crippen LogP contribution in [0.15, 0.2) is 18.3 Å². The van der Waals surface area contributed by atoms with Crippen LogP contribution in [0.2, 0.25) is 0 Å². The van der Waals surface area contributed by atoms with Crippen molar-refractivity contribution in [1.29, 1.82) is 0 Å². The van der Waals surface area contributed by atoms with Crippen LogP contribution >= 0.6 is 0 Å². The molecule has 1 aromatic rings. The number of carboxylic acids is 1. The quantitative estimate of drug-likeness (QED) is 0.793. The first-order valence-electron chi connectivity index (χ1n) is 5.20. The van der Waals surface area contributed by atoms with Gasteiger partial charge in [0.1, 0.15) is 12.2 Å². The summed E-state index contributed by atoms with van der Waals surface area (Å²) >= 11 is 0. The first-order chi connectivity index (χ1) is 7.50. The average molecular weight is 222 g/mol. The van der Waals surface area contributed by atoms with Crippen LogP contribution in [0.5, 0.6) is 0 Å². The van der Waals surface area contributed by atoms with E-state index in [4.69, 9.17) is 5.11 Å². The summed E-state index contributed by atoms with van der Waals surface area (Å²) in [4.78, 5) is 22.4. The Bertz CT molecular complexity index is 432. The van der Waals surface area contributed by atoms with Gasteiger partial charge in [-0.25, -0.2) is 0 Å². The molecule has 1 saturated carbocycles. The summed E-state index contributed by atoms with van der Waals surface area (Å²) in [6.07, 6.45) is 3.56. The normalized spacial score (nSPS) is 16.8. The number of aromatic nitrogens is 1. The van der Waals surface area contributed by atoms with E-state index in [0.29, 0.717) is 5.69 Å². The van der Waals surface area contributed by atoms with Crippen molar-refractivity contribution in [2.75, 3.05) is 0 Å². The van der Waals surface area contributed by atoms with Crippen LogP contribution in [-0.2, 0) is 11.3 Å². The van der Waals surface area contributed by atoms with Crippen LogP contribution in [0.3, 0.4) is 0 Å². The van der Waals surface area contributed by atoms with Crippen LogP contribution < -0.4 is 5.32 Å². The number of carbonyl (C=O) groups excluding carboxylic acids is 1. The first-order valence-corrected chi connectivity index (χ1v) is 5.20. The zero-order chi connectivity index (χ0) is 11.8. The molecule has 5 heteroatoms. The van der Waals surface area contributed by atoms with Gasteiger partial charge in [0, 0.05) is 11.7 Å². The van der Waals surface area contributed by atoms with Gasteiger partial charge in [0.15, 0.2) is 0 Å². The molecule has 0 aliphatic heterocycles. The van der Waals surface area contributed by atoms with Crippen molar-refractivity contribution in [2.24, 2.45) is 0 Å². The molecule has 5 nitrogen and oxygen atoms in total. The van der Waals surface area contributed by atoms with Gasteiger partial charge in [-0.15, -0.1) is 0 Å². The number of carbonyl (C=O) groups is 2. The Morgan fingerprint density at radius 1 is 1.56 bits per heavy atom. The van der Waals surface area contributed by atoms with E-state index < -0.39 is 5.97 Å². The molecular formula is C11H14N2O3. The second-order valence-corrected chi connectivity index (χ2v) is 4.43. The fourth-order valence-electron chi connectivity index (χ4n) is 1.55. The fourth-order valence-corrected chi connectivity index (χ4v) is 1.55. The molecule has 0 saturated heterocycles. The van der Waals surface area contributed by atoms with Gasteiger partial charge in [-0.05, 0) is 31.9 Å². The standard InChI is InChI=1S/C11H14N2O3/c1-11(4-5-11)12-10(16)8-3-2-6-13(8)7-9(14)15/h2-3,6H,4-5,7H2,1H3,(H,12,16)(H,14,15). The third-order valence-electron chi connectivity index (χ3n) is 2.78. The van der Waals surface area contributed by atoms with Crippen LogP contribution in [0, 0.1) is 0 Å². The van der Waals surface area contributed by atoms with Gasteiger partial charge < -0.3 is 15.0 Å². The van der Waals surface area contributed by atoms with Gasteiger partial charge in [-0.2, -0.15) is 0 Å². The summed E-state index contributed by atoms with van der Waals surface area (Å²) in [7, 11) is 0. The lowest BCUT2D eigenvalue weighted by Crippen LogP contribution is -2.35. The molecule has 0 unspecified atom stereocenters. The Kier molecular flexibility index (Phi) is 2.46. The molecule has 86 valence electrons. The molecule has 2 rings (SSSR count). The number of nitrogens with zero attached hydrogens (tertiary/aromatic N) is 1. The van der Waals surface area contributed by atoms with Gasteiger partial charge >= 0.3 is 5.97 Å². The highest BCUT2D eigenvalue weighted by atomic mass is 16.4. The van der Waals surface area contributed by atoms with E-state index >= 15 is 0 Å². The van der Waals surface area contributed by atoms with E-state index in [1.165, 1.54) is 4.57 Å². The lowest BCUT2D eigenvalue weighted by atomic mass is 10.3. The third kappa shape index (κ3) is 2.24. The van der Waals surface area contributed by atoms with Crippen LogP contribution in [0.4, 0.5) is 0 Å². The highest BCUT2D eigenvalue weighted by molar-refractivity contribution is 5.93. The predicted molar refractivity (Wildman–Crippen MR) is 57.2 cm³/mol. The summed E-state index contributed by atoms with van der Waals surface area (Å²) in [5, 5.41) is 11.6. The second-order valence-electron chi connectivity index (χ2n) is 4.43. The Balaban J connectivity index is 2.10. The van der Waals surface area contributed by atoms with Crippen molar-refractivity contribution in [3.63, 3.8) is 0 Å². The van der Waals surface area contributed by atoms with E-state index in [9.17, 15) is 9.59 Å². The highest BCUT2D eigenvalue weighted by Crippen LogP contribution is 2.34. The molecule has 1 aromatic heterocycles. The van der Waals surface area contributed by atoms with Crippen molar-refractivity contribution in [1.82, 2.24) is 9.88 Å². The van der Waals surface area contributed by atoms with E-state index in [1.807, 2.05) is 6.92 Å². The Hall–Kier alpha value is -1.78. The number of aliphatic carboxylic acids is 1. The Labute approximate surface area is 93.1 Å². The molecule has 0 aromatic carbocycles. The SMILES string of the molecule is CC1(NC(=O)c2cccn2CC(=O)O)CC1. The molecule has 16 heavy (non-hydrogen) atoms. The minimum absolute atomic E-state index is 0.0879. The van der Waals surface area contributed by atoms with Crippen LogP contribution in [0.1, 0.15) is 30.3 Å². The van der Waals surface area contributed by atoms with Crippen molar-refractivity contribution in [3.05, 3.63) is 24.0 Å². The minimum Gasteiger partial charge on any atom is -0.480 e. The predicted octanol–water partition coefficient (Wildman–Crippen LogP) is 0.855. The van der Waals surface area contributed by atoms with E-state index in [2.05, 4.69) is 5.32 Å². The topological polar surface area (TPSA) is 71.3 Å². The van der Waals surface area contributed by atoms with Gasteiger partial charge in [-0.1, -0.05) is 0 Å². The maximum atomic E-state index is 11.8. The molecule has 1 amide bonds. The maximum Gasteiger partial charge on any atom is 0.323 e. The van der Waals surface area contributed by atoms with Gasteiger partial charge in [-0.3, -0.25) is 9.59 Å². The average Bonchev–Trinajstić information content (AvgIpc) is 2.74. The third-order valence-corrected chi connectivity index (χ3v) is 2.78. The van der Waals surface area contributed by atoms with Gasteiger partial charge in [0.2, 0.25) is 0 Å². The Morgan fingerprint density at radius 2 is 2.25 bits per heavy atom. The number of amides is 1. The fraction of sp³-hybridized carbons (Fsp3) is 0.455. The number of nitrogens with one attached hydrogen (secondary N) is 1. The summed E-state index contributed by atoms with van der Waals surface area (Å²) in [6.45, 7) is 1.79. The lowest BCUT2D eigenvalue weighted by molar-refractivity contribution is -0.137. The molecule has 1 aliphatic carbocycles.